The smallest absolute Gasteiger partial charge is 0.340 e. The van der Waals surface area contributed by atoms with E-state index in [1.54, 1.807) is 11.9 Å². The van der Waals surface area contributed by atoms with Crippen LogP contribution in [0.25, 0.3) is 10.1 Å². The van der Waals surface area contributed by atoms with Crippen molar-refractivity contribution in [1.29, 1.82) is 0 Å². The van der Waals surface area contributed by atoms with Crippen molar-refractivity contribution in [3.8, 4) is 11.8 Å². The highest BCUT2D eigenvalue weighted by atomic mass is 32.2. The van der Waals surface area contributed by atoms with Crippen LogP contribution < -0.4 is 10.5 Å². The van der Waals surface area contributed by atoms with Crippen LogP contribution in [0.4, 0.5) is 24.0 Å². The van der Waals surface area contributed by atoms with Crippen LogP contribution in [0.15, 0.2) is 16.9 Å². The Morgan fingerprint density at radius 1 is 1.30 bits per heavy atom. The number of hydrogen-bond donors (Lipinski definition) is 0. The van der Waals surface area contributed by atoms with Crippen LogP contribution >= 0.6 is 23.1 Å². The second kappa shape index (κ2) is 9.20. The van der Waals surface area contributed by atoms with Crippen molar-refractivity contribution in [2.75, 3.05) is 49.6 Å². The Morgan fingerprint density at radius 2 is 2.00 bits per heavy atom. The third-order valence-electron chi connectivity index (χ3n) is 4.39. The molecule has 0 aliphatic carbocycles. The molecule has 0 radical (unpaired) electrons. The summed E-state index contributed by atoms with van der Waals surface area (Å²) in [6, 6.07) is 1.05. The molecule has 160 valence electrons. The predicted octanol–water partition coefficient (Wildman–Crippen LogP) is 3.07. The number of anilines is 1. The standard InChI is InChI=1S/C18H17F3N4O3S2/c1-23(4-2-3-5-24-6-8-29-9-7-24)17-22-16(26)13-10-12(18(19,20)21)11-14(25(27)28)15(13)30-17/h10-11H,4-9H2,1H3. The van der Waals surface area contributed by atoms with E-state index in [9.17, 15) is 28.1 Å². The maximum Gasteiger partial charge on any atom is 0.416 e. The van der Waals surface area contributed by atoms with E-state index >= 15 is 0 Å². The summed E-state index contributed by atoms with van der Waals surface area (Å²) in [7, 11) is 1.62. The molecule has 0 atom stereocenters. The summed E-state index contributed by atoms with van der Waals surface area (Å²) < 4.78 is 39.0. The van der Waals surface area contributed by atoms with Gasteiger partial charge in [-0.15, -0.1) is 0 Å². The molecule has 2 aromatic rings. The fraction of sp³-hybridized carbons (Fsp3) is 0.444. The number of nitro groups is 1. The molecular weight excluding hydrogens is 441 g/mol. The first kappa shape index (κ1) is 22.3. The van der Waals surface area contributed by atoms with Crippen molar-refractivity contribution in [3.05, 3.63) is 38.2 Å². The first-order valence-electron chi connectivity index (χ1n) is 8.84. The van der Waals surface area contributed by atoms with E-state index in [1.807, 2.05) is 11.8 Å². The van der Waals surface area contributed by atoms with Gasteiger partial charge in [-0.05, 0) is 6.07 Å². The molecule has 1 fully saturated rings. The molecule has 0 N–H and O–H groups in total. The average molecular weight is 458 g/mol. The van der Waals surface area contributed by atoms with Gasteiger partial charge in [-0.25, -0.2) is 0 Å². The van der Waals surface area contributed by atoms with Gasteiger partial charge in [0, 0.05) is 37.7 Å². The van der Waals surface area contributed by atoms with Crippen molar-refractivity contribution in [1.82, 2.24) is 9.88 Å². The molecule has 1 saturated heterocycles. The van der Waals surface area contributed by atoms with Crippen LogP contribution in [-0.2, 0) is 6.18 Å². The molecule has 1 aromatic heterocycles. The number of fused-ring (bicyclic) bond motifs is 1. The second-order valence-electron chi connectivity index (χ2n) is 6.53. The zero-order valence-electron chi connectivity index (χ0n) is 15.9. The van der Waals surface area contributed by atoms with E-state index in [4.69, 9.17) is 0 Å². The Morgan fingerprint density at radius 3 is 2.63 bits per heavy atom. The van der Waals surface area contributed by atoms with Gasteiger partial charge < -0.3 is 4.90 Å². The lowest BCUT2D eigenvalue weighted by Gasteiger charge is -2.23. The quantitative estimate of drug-likeness (QED) is 0.396. The molecule has 2 heterocycles. The summed E-state index contributed by atoms with van der Waals surface area (Å²) in [6.07, 6.45) is -4.81. The highest BCUT2D eigenvalue weighted by Gasteiger charge is 2.34. The topological polar surface area (TPSA) is 79.6 Å². The van der Waals surface area contributed by atoms with Gasteiger partial charge in [0.2, 0.25) is 0 Å². The highest BCUT2D eigenvalue weighted by Crippen LogP contribution is 2.38. The Labute approximate surface area is 178 Å². The number of benzene rings is 1. The predicted molar refractivity (Wildman–Crippen MR) is 112 cm³/mol. The Kier molecular flexibility index (Phi) is 6.84. The summed E-state index contributed by atoms with van der Waals surface area (Å²) in [4.78, 5) is 30.3. The highest BCUT2D eigenvalue weighted by molar-refractivity contribution is 7.99. The number of halogens is 3. The van der Waals surface area contributed by atoms with Crippen molar-refractivity contribution in [2.45, 2.75) is 6.18 Å². The largest absolute Gasteiger partial charge is 0.416 e. The lowest BCUT2D eigenvalue weighted by molar-refractivity contribution is -0.383. The summed E-state index contributed by atoms with van der Waals surface area (Å²) in [5, 5.41) is 11.1. The molecule has 7 nitrogen and oxygen atoms in total. The van der Waals surface area contributed by atoms with Gasteiger partial charge in [-0.1, -0.05) is 23.2 Å². The fourth-order valence-corrected chi connectivity index (χ4v) is 4.78. The van der Waals surface area contributed by atoms with Gasteiger partial charge in [0.15, 0.2) is 5.13 Å². The zero-order chi connectivity index (χ0) is 21.9. The van der Waals surface area contributed by atoms with E-state index in [2.05, 4.69) is 21.7 Å². The number of hydrogen-bond acceptors (Lipinski definition) is 8. The molecule has 1 aliphatic heterocycles. The van der Waals surface area contributed by atoms with E-state index in [-0.39, 0.29) is 16.4 Å². The van der Waals surface area contributed by atoms with Crippen LogP contribution in [0.2, 0.25) is 0 Å². The fourth-order valence-electron chi connectivity index (χ4n) is 2.77. The van der Waals surface area contributed by atoms with E-state index in [0.717, 1.165) is 35.9 Å². The first-order valence-corrected chi connectivity index (χ1v) is 10.8. The first-order chi connectivity index (χ1) is 14.2. The molecule has 30 heavy (non-hydrogen) atoms. The van der Waals surface area contributed by atoms with Crippen LogP contribution in [0.3, 0.4) is 0 Å². The number of aromatic nitrogens is 1. The van der Waals surface area contributed by atoms with Gasteiger partial charge in [0.1, 0.15) is 4.70 Å². The minimum Gasteiger partial charge on any atom is -0.340 e. The van der Waals surface area contributed by atoms with Gasteiger partial charge in [-0.2, -0.15) is 29.9 Å². The Hall–Kier alpha value is -2.36. The molecule has 0 amide bonds. The number of nitrogens with zero attached hydrogens (tertiary/aromatic N) is 4. The molecule has 0 saturated carbocycles. The van der Waals surface area contributed by atoms with Gasteiger partial charge >= 0.3 is 6.18 Å². The van der Waals surface area contributed by atoms with E-state index in [1.165, 1.54) is 0 Å². The van der Waals surface area contributed by atoms with E-state index < -0.39 is 33.3 Å². The van der Waals surface area contributed by atoms with Gasteiger partial charge in [0.25, 0.3) is 11.2 Å². The van der Waals surface area contributed by atoms with Crippen molar-refractivity contribution >= 4 is 44.0 Å². The maximum atomic E-state index is 13.0. The number of thioether (sulfide) groups is 1. The van der Waals surface area contributed by atoms with Crippen molar-refractivity contribution < 1.29 is 18.1 Å². The van der Waals surface area contributed by atoms with E-state index in [0.29, 0.717) is 18.7 Å². The Bertz CT molecular complexity index is 1070. The number of nitro benzene ring substituents is 1. The maximum absolute atomic E-state index is 13.0. The molecular formula is C18H17F3N4O3S2. The third kappa shape index (κ3) is 5.21. The summed E-state index contributed by atoms with van der Waals surface area (Å²) in [6.45, 7) is 2.81. The van der Waals surface area contributed by atoms with Crippen LogP contribution in [-0.4, -0.2) is 59.5 Å². The number of alkyl halides is 3. The van der Waals surface area contributed by atoms with Gasteiger partial charge in [0.05, 0.1) is 29.0 Å². The molecule has 0 spiro atoms. The van der Waals surface area contributed by atoms with Crippen molar-refractivity contribution in [3.63, 3.8) is 0 Å². The van der Waals surface area contributed by atoms with Crippen LogP contribution in [0, 0.1) is 22.0 Å². The lowest BCUT2D eigenvalue weighted by atomic mass is 10.1. The normalized spacial score (nSPS) is 14.9. The molecule has 0 bridgehead atoms. The lowest BCUT2D eigenvalue weighted by Crippen LogP contribution is -2.32. The SMILES string of the molecule is CN(CC#CCN1CCSCC1)c1nc(=O)c2cc(C(F)(F)F)cc([N+](=O)[O-])c2s1. The average Bonchev–Trinajstić information content (AvgIpc) is 2.70. The third-order valence-corrected chi connectivity index (χ3v) is 6.55. The monoisotopic (exact) mass is 458 g/mol. The molecule has 0 unspecified atom stereocenters. The Balaban J connectivity index is 1.87. The molecule has 12 heteroatoms. The van der Waals surface area contributed by atoms with Crippen LogP contribution in [0.5, 0.6) is 0 Å². The number of non-ortho nitro benzene ring substituents is 1. The molecule has 1 aromatic carbocycles. The summed E-state index contributed by atoms with van der Waals surface area (Å²) in [5.74, 6) is 8.18. The molecule has 1 aliphatic rings. The van der Waals surface area contributed by atoms with Gasteiger partial charge in [-0.3, -0.25) is 19.8 Å². The number of rotatable bonds is 4. The summed E-state index contributed by atoms with van der Waals surface area (Å²) in [5.41, 5.74) is -2.97. The second-order valence-corrected chi connectivity index (χ2v) is 8.73. The summed E-state index contributed by atoms with van der Waals surface area (Å²) >= 11 is 2.70. The van der Waals surface area contributed by atoms with Crippen molar-refractivity contribution in [2.24, 2.45) is 0 Å². The zero-order valence-corrected chi connectivity index (χ0v) is 17.5. The minimum absolute atomic E-state index is 0.145. The minimum atomic E-state index is -4.81. The van der Waals surface area contributed by atoms with Crippen LogP contribution in [0.1, 0.15) is 5.56 Å². The molecule has 3 rings (SSSR count).